The molecule has 0 spiro atoms. The molecule has 0 saturated carbocycles. The van der Waals surface area contributed by atoms with Crippen molar-refractivity contribution < 1.29 is 18.3 Å². The normalized spacial score (nSPS) is 10.7. The highest BCUT2D eigenvalue weighted by Gasteiger charge is 2.13. The SMILES string of the molecule is CN(Cc1ccc(Br)s1)C(=O)c1ccc(OC(F)F)cc1. The van der Waals surface area contributed by atoms with Gasteiger partial charge >= 0.3 is 6.61 Å². The standard InChI is InChI=1S/C14H12BrF2NO2S/c1-18(8-11-6-7-12(15)21-11)13(19)9-2-4-10(5-3-9)20-14(16)17/h2-7,14H,8H2,1H3. The summed E-state index contributed by atoms with van der Waals surface area (Å²) in [6, 6.07) is 9.53. The Morgan fingerprint density at radius 3 is 2.48 bits per heavy atom. The van der Waals surface area contributed by atoms with E-state index in [1.165, 1.54) is 24.3 Å². The van der Waals surface area contributed by atoms with Crippen LogP contribution >= 0.6 is 27.3 Å². The Morgan fingerprint density at radius 1 is 1.29 bits per heavy atom. The van der Waals surface area contributed by atoms with Gasteiger partial charge in [0.2, 0.25) is 0 Å². The van der Waals surface area contributed by atoms with E-state index >= 15 is 0 Å². The largest absolute Gasteiger partial charge is 0.435 e. The molecule has 1 aromatic heterocycles. The number of carbonyl (C=O) groups is 1. The van der Waals surface area contributed by atoms with Crippen LogP contribution in [0.4, 0.5) is 8.78 Å². The lowest BCUT2D eigenvalue weighted by Crippen LogP contribution is -2.25. The Hall–Kier alpha value is -1.47. The van der Waals surface area contributed by atoms with Gasteiger partial charge in [0, 0.05) is 17.5 Å². The number of benzene rings is 1. The van der Waals surface area contributed by atoms with Crippen LogP contribution < -0.4 is 4.74 Å². The van der Waals surface area contributed by atoms with Gasteiger partial charge < -0.3 is 9.64 Å². The van der Waals surface area contributed by atoms with Gasteiger partial charge in [0.15, 0.2) is 0 Å². The smallest absolute Gasteiger partial charge is 0.387 e. The molecule has 21 heavy (non-hydrogen) atoms. The van der Waals surface area contributed by atoms with Crippen molar-refractivity contribution >= 4 is 33.2 Å². The molecule has 0 radical (unpaired) electrons. The summed E-state index contributed by atoms with van der Waals surface area (Å²) in [5.41, 5.74) is 0.426. The molecule has 112 valence electrons. The van der Waals surface area contributed by atoms with E-state index in [4.69, 9.17) is 0 Å². The minimum absolute atomic E-state index is 0.0337. The van der Waals surface area contributed by atoms with Crippen molar-refractivity contribution in [2.75, 3.05) is 7.05 Å². The predicted molar refractivity (Wildman–Crippen MR) is 80.9 cm³/mol. The second-order valence-corrected chi connectivity index (χ2v) is 6.82. The van der Waals surface area contributed by atoms with Crippen molar-refractivity contribution in [2.45, 2.75) is 13.2 Å². The molecule has 0 fully saturated rings. The molecule has 0 aliphatic carbocycles. The third kappa shape index (κ3) is 4.50. The van der Waals surface area contributed by atoms with Gasteiger partial charge in [0.05, 0.1) is 10.3 Å². The first kappa shape index (κ1) is 15.9. The van der Waals surface area contributed by atoms with Crippen molar-refractivity contribution in [3.8, 4) is 5.75 Å². The number of carbonyl (C=O) groups excluding carboxylic acids is 1. The molecule has 2 rings (SSSR count). The van der Waals surface area contributed by atoms with Gasteiger partial charge in [-0.2, -0.15) is 8.78 Å². The topological polar surface area (TPSA) is 29.5 Å². The lowest BCUT2D eigenvalue weighted by Gasteiger charge is -2.16. The third-order valence-electron chi connectivity index (χ3n) is 2.69. The van der Waals surface area contributed by atoms with E-state index in [9.17, 15) is 13.6 Å². The first-order valence-corrected chi connectivity index (χ1v) is 7.61. The molecular weight excluding hydrogens is 364 g/mol. The van der Waals surface area contributed by atoms with E-state index < -0.39 is 6.61 Å². The third-order valence-corrected chi connectivity index (χ3v) is 4.30. The highest BCUT2D eigenvalue weighted by Crippen LogP contribution is 2.23. The lowest BCUT2D eigenvalue weighted by molar-refractivity contribution is -0.0498. The molecule has 0 aliphatic rings. The minimum Gasteiger partial charge on any atom is -0.435 e. The Morgan fingerprint density at radius 2 is 1.95 bits per heavy atom. The molecule has 0 aliphatic heterocycles. The number of hydrogen-bond donors (Lipinski definition) is 0. The molecule has 0 unspecified atom stereocenters. The number of thiophene rings is 1. The van der Waals surface area contributed by atoms with Crippen LogP contribution in [0.25, 0.3) is 0 Å². The van der Waals surface area contributed by atoms with E-state index in [2.05, 4.69) is 20.7 Å². The highest BCUT2D eigenvalue weighted by molar-refractivity contribution is 9.11. The van der Waals surface area contributed by atoms with Gasteiger partial charge in [-0.1, -0.05) is 0 Å². The summed E-state index contributed by atoms with van der Waals surface area (Å²) in [6.45, 7) is -2.38. The Kier molecular flexibility index (Phi) is 5.30. The van der Waals surface area contributed by atoms with Crippen LogP contribution in [0.2, 0.25) is 0 Å². The lowest BCUT2D eigenvalue weighted by atomic mass is 10.2. The molecule has 0 saturated heterocycles. The van der Waals surface area contributed by atoms with Gasteiger partial charge in [-0.15, -0.1) is 11.3 Å². The second-order valence-electron chi connectivity index (χ2n) is 4.27. The molecular formula is C14H12BrF2NO2S. The molecule has 1 aromatic carbocycles. The summed E-state index contributed by atoms with van der Waals surface area (Å²) in [7, 11) is 1.69. The van der Waals surface area contributed by atoms with Crippen molar-refractivity contribution in [1.29, 1.82) is 0 Å². The summed E-state index contributed by atoms with van der Waals surface area (Å²) >= 11 is 4.93. The summed E-state index contributed by atoms with van der Waals surface area (Å²) < 4.78 is 29.4. The molecule has 0 atom stereocenters. The number of halogens is 3. The van der Waals surface area contributed by atoms with Crippen molar-refractivity contribution in [3.63, 3.8) is 0 Å². The molecule has 2 aromatic rings. The zero-order valence-corrected chi connectivity index (χ0v) is 13.5. The average molecular weight is 376 g/mol. The number of alkyl halides is 2. The van der Waals surface area contributed by atoms with Gasteiger partial charge in [-0.25, -0.2) is 0 Å². The summed E-state index contributed by atoms with van der Waals surface area (Å²) in [5.74, 6) is -0.144. The van der Waals surface area contributed by atoms with E-state index in [1.807, 2.05) is 12.1 Å². The summed E-state index contributed by atoms with van der Waals surface area (Å²) in [5, 5.41) is 0. The fourth-order valence-corrected chi connectivity index (χ4v) is 3.28. The highest BCUT2D eigenvalue weighted by atomic mass is 79.9. The molecule has 0 bridgehead atoms. The van der Waals surface area contributed by atoms with E-state index in [-0.39, 0.29) is 11.7 Å². The molecule has 1 heterocycles. The van der Waals surface area contributed by atoms with Crippen LogP contribution in [0.3, 0.4) is 0 Å². The van der Waals surface area contributed by atoms with Crippen molar-refractivity contribution in [3.05, 3.63) is 50.6 Å². The second kappa shape index (κ2) is 7.00. The van der Waals surface area contributed by atoms with Crippen LogP contribution in [0, 0.1) is 0 Å². The predicted octanol–water partition coefficient (Wildman–Crippen LogP) is 4.38. The molecule has 3 nitrogen and oxygen atoms in total. The van der Waals surface area contributed by atoms with Crippen LogP contribution in [-0.4, -0.2) is 24.5 Å². The van der Waals surface area contributed by atoms with Gasteiger partial charge in [0.1, 0.15) is 5.75 Å². The molecule has 1 amide bonds. The van der Waals surface area contributed by atoms with Crippen LogP contribution in [0.1, 0.15) is 15.2 Å². The Labute approximate surface area is 133 Å². The summed E-state index contributed by atoms with van der Waals surface area (Å²) in [4.78, 5) is 14.8. The quantitative estimate of drug-likeness (QED) is 0.775. The number of rotatable bonds is 5. The van der Waals surface area contributed by atoms with E-state index in [1.54, 1.807) is 23.3 Å². The van der Waals surface area contributed by atoms with Gasteiger partial charge in [-0.3, -0.25) is 4.79 Å². The number of amides is 1. The van der Waals surface area contributed by atoms with Crippen LogP contribution in [0.15, 0.2) is 40.2 Å². The molecule has 0 N–H and O–H groups in total. The number of nitrogens with zero attached hydrogens (tertiary/aromatic N) is 1. The van der Waals surface area contributed by atoms with E-state index in [0.717, 1.165) is 8.66 Å². The Balaban J connectivity index is 2.01. The number of hydrogen-bond acceptors (Lipinski definition) is 3. The maximum absolute atomic E-state index is 12.2. The Bertz CT molecular complexity index is 616. The fourth-order valence-electron chi connectivity index (χ4n) is 1.74. The molecule has 7 heteroatoms. The monoisotopic (exact) mass is 375 g/mol. The van der Waals surface area contributed by atoms with Gasteiger partial charge in [-0.05, 0) is 52.3 Å². The van der Waals surface area contributed by atoms with Gasteiger partial charge in [0.25, 0.3) is 5.91 Å². The minimum atomic E-state index is -2.87. The van der Waals surface area contributed by atoms with Crippen LogP contribution in [-0.2, 0) is 6.54 Å². The summed E-state index contributed by atoms with van der Waals surface area (Å²) in [6.07, 6.45) is 0. The maximum Gasteiger partial charge on any atom is 0.387 e. The first-order valence-electron chi connectivity index (χ1n) is 6.00. The average Bonchev–Trinajstić information content (AvgIpc) is 2.83. The van der Waals surface area contributed by atoms with E-state index in [0.29, 0.717) is 12.1 Å². The van der Waals surface area contributed by atoms with Crippen LogP contribution in [0.5, 0.6) is 5.75 Å². The van der Waals surface area contributed by atoms with Crippen molar-refractivity contribution in [1.82, 2.24) is 4.90 Å². The first-order chi connectivity index (χ1) is 9.95. The fraction of sp³-hybridized carbons (Fsp3) is 0.214. The maximum atomic E-state index is 12.2. The zero-order valence-electron chi connectivity index (χ0n) is 11.1. The zero-order chi connectivity index (χ0) is 15.4. The number of ether oxygens (including phenoxy) is 1. The van der Waals surface area contributed by atoms with Crippen molar-refractivity contribution in [2.24, 2.45) is 0 Å².